The summed E-state index contributed by atoms with van der Waals surface area (Å²) in [5.74, 6) is 0.300. The van der Waals surface area contributed by atoms with Crippen molar-refractivity contribution in [3.8, 4) is 5.69 Å². The zero-order chi connectivity index (χ0) is 12.6. The standard InChI is InChI=1S/C10H8F3N3O/c1-6-14-9(17)15-16(6)8-4-2-3-7(5-8)10(11,12)13/h2-5H,1H3,(H,15,17). The first-order valence-electron chi connectivity index (χ1n) is 4.71. The van der Waals surface area contributed by atoms with E-state index >= 15 is 0 Å². The summed E-state index contributed by atoms with van der Waals surface area (Å²) in [6.45, 7) is 1.53. The molecule has 0 radical (unpaired) electrons. The van der Waals surface area contributed by atoms with Crippen LogP contribution in [0.25, 0.3) is 5.69 Å². The number of aryl methyl sites for hydroxylation is 1. The van der Waals surface area contributed by atoms with Crippen LogP contribution in [0.2, 0.25) is 0 Å². The van der Waals surface area contributed by atoms with Crippen LogP contribution in [0.1, 0.15) is 11.4 Å². The molecule has 1 heterocycles. The second-order valence-corrected chi connectivity index (χ2v) is 3.46. The van der Waals surface area contributed by atoms with E-state index in [2.05, 4.69) is 10.1 Å². The van der Waals surface area contributed by atoms with Crippen molar-refractivity contribution in [2.24, 2.45) is 0 Å². The van der Waals surface area contributed by atoms with E-state index in [-0.39, 0.29) is 5.69 Å². The Kier molecular flexibility index (Phi) is 2.53. The van der Waals surface area contributed by atoms with Gasteiger partial charge >= 0.3 is 11.9 Å². The summed E-state index contributed by atoms with van der Waals surface area (Å²) in [6.07, 6.45) is -4.41. The number of halogens is 3. The molecule has 2 rings (SSSR count). The van der Waals surface area contributed by atoms with Gasteiger partial charge in [0.25, 0.3) is 0 Å². The topological polar surface area (TPSA) is 50.7 Å². The number of rotatable bonds is 1. The van der Waals surface area contributed by atoms with Crippen LogP contribution in [-0.4, -0.2) is 14.8 Å². The van der Waals surface area contributed by atoms with Crippen LogP contribution in [0.3, 0.4) is 0 Å². The van der Waals surface area contributed by atoms with Gasteiger partial charge in [-0.15, -0.1) is 0 Å². The second-order valence-electron chi connectivity index (χ2n) is 3.46. The Morgan fingerprint density at radius 3 is 2.59 bits per heavy atom. The lowest BCUT2D eigenvalue weighted by atomic mass is 10.2. The molecular formula is C10H8F3N3O. The summed E-state index contributed by atoms with van der Waals surface area (Å²) in [5, 5.41) is 2.32. The third-order valence-corrected chi connectivity index (χ3v) is 2.23. The van der Waals surface area contributed by atoms with Gasteiger partial charge in [-0.3, -0.25) is 0 Å². The number of alkyl halides is 3. The molecule has 7 heteroatoms. The minimum atomic E-state index is -4.41. The fraction of sp³-hybridized carbons (Fsp3) is 0.200. The molecule has 0 saturated heterocycles. The molecule has 0 unspecified atom stereocenters. The van der Waals surface area contributed by atoms with Crippen LogP contribution < -0.4 is 5.69 Å². The largest absolute Gasteiger partial charge is 0.416 e. The summed E-state index contributed by atoms with van der Waals surface area (Å²) in [7, 11) is 0. The fourth-order valence-corrected chi connectivity index (χ4v) is 1.47. The summed E-state index contributed by atoms with van der Waals surface area (Å²) in [6, 6.07) is 4.65. The molecule has 0 spiro atoms. The van der Waals surface area contributed by atoms with Gasteiger partial charge in [0.05, 0.1) is 11.3 Å². The van der Waals surface area contributed by atoms with Crippen LogP contribution in [0.4, 0.5) is 13.2 Å². The van der Waals surface area contributed by atoms with Crippen molar-refractivity contribution in [1.82, 2.24) is 14.8 Å². The maximum absolute atomic E-state index is 12.5. The predicted molar refractivity (Wildman–Crippen MR) is 53.9 cm³/mol. The van der Waals surface area contributed by atoms with E-state index in [9.17, 15) is 18.0 Å². The molecular weight excluding hydrogens is 235 g/mol. The number of nitrogens with one attached hydrogen (secondary N) is 1. The SMILES string of the molecule is Cc1nc(=O)[nH]n1-c1cccc(C(F)(F)F)c1. The minimum absolute atomic E-state index is 0.215. The first kappa shape index (κ1) is 11.4. The molecule has 4 nitrogen and oxygen atoms in total. The zero-order valence-corrected chi connectivity index (χ0v) is 8.75. The Balaban J connectivity index is 2.54. The maximum Gasteiger partial charge on any atom is 0.416 e. The number of hydrogen-bond donors (Lipinski definition) is 1. The molecule has 0 aliphatic carbocycles. The third-order valence-electron chi connectivity index (χ3n) is 2.23. The van der Waals surface area contributed by atoms with Crippen molar-refractivity contribution in [2.75, 3.05) is 0 Å². The lowest BCUT2D eigenvalue weighted by Crippen LogP contribution is -2.08. The molecule has 2 aromatic rings. The van der Waals surface area contributed by atoms with Gasteiger partial charge in [0.1, 0.15) is 5.82 Å². The van der Waals surface area contributed by atoms with Crippen molar-refractivity contribution in [3.05, 3.63) is 46.1 Å². The molecule has 0 atom stereocenters. The highest BCUT2D eigenvalue weighted by atomic mass is 19.4. The van der Waals surface area contributed by atoms with Crippen LogP contribution in [0.15, 0.2) is 29.1 Å². The highest BCUT2D eigenvalue weighted by Gasteiger charge is 2.30. The van der Waals surface area contributed by atoms with E-state index in [1.807, 2.05) is 0 Å². The van der Waals surface area contributed by atoms with E-state index in [0.717, 1.165) is 12.1 Å². The molecule has 0 aliphatic rings. The van der Waals surface area contributed by atoms with Gasteiger partial charge in [-0.05, 0) is 25.1 Å². The van der Waals surface area contributed by atoms with Gasteiger partial charge in [0.15, 0.2) is 0 Å². The monoisotopic (exact) mass is 243 g/mol. The Labute approximate surface area is 93.7 Å². The summed E-state index contributed by atoms with van der Waals surface area (Å²) in [4.78, 5) is 14.5. The first-order valence-corrected chi connectivity index (χ1v) is 4.71. The van der Waals surface area contributed by atoms with Crippen molar-refractivity contribution >= 4 is 0 Å². The number of aromatic amines is 1. The molecule has 90 valence electrons. The van der Waals surface area contributed by atoms with Crippen molar-refractivity contribution in [3.63, 3.8) is 0 Å². The van der Waals surface area contributed by atoms with Gasteiger partial charge in [-0.25, -0.2) is 14.6 Å². The number of aromatic nitrogens is 3. The molecule has 0 bridgehead atoms. The molecule has 1 aromatic carbocycles. The maximum atomic E-state index is 12.5. The lowest BCUT2D eigenvalue weighted by Gasteiger charge is -2.09. The van der Waals surface area contributed by atoms with Crippen LogP contribution in [0, 0.1) is 6.92 Å². The van der Waals surface area contributed by atoms with Crippen molar-refractivity contribution in [2.45, 2.75) is 13.1 Å². The zero-order valence-electron chi connectivity index (χ0n) is 8.75. The Hall–Kier alpha value is -2.05. The van der Waals surface area contributed by atoms with Crippen molar-refractivity contribution in [1.29, 1.82) is 0 Å². The molecule has 0 fully saturated rings. The number of hydrogen-bond acceptors (Lipinski definition) is 2. The first-order chi connectivity index (χ1) is 7.88. The van der Waals surface area contributed by atoms with Crippen LogP contribution >= 0.6 is 0 Å². The van der Waals surface area contributed by atoms with Gasteiger partial charge < -0.3 is 0 Å². The average molecular weight is 243 g/mol. The summed E-state index contributed by atoms with van der Waals surface area (Å²) < 4.78 is 38.7. The van der Waals surface area contributed by atoms with Gasteiger partial charge in [0, 0.05) is 0 Å². The van der Waals surface area contributed by atoms with Crippen molar-refractivity contribution < 1.29 is 13.2 Å². The Morgan fingerprint density at radius 2 is 2.06 bits per heavy atom. The lowest BCUT2D eigenvalue weighted by molar-refractivity contribution is -0.137. The smallest absolute Gasteiger partial charge is 0.244 e. The van der Waals surface area contributed by atoms with E-state index in [1.165, 1.54) is 23.7 Å². The highest BCUT2D eigenvalue weighted by molar-refractivity contribution is 5.36. The molecule has 0 saturated carbocycles. The Bertz CT molecular complexity index is 597. The number of nitrogens with zero attached hydrogens (tertiary/aromatic N) is 2. The molecule has 0 aliphatic heterocycles. The van der Waals surface area contributed by atoms with E-state index in [4.69, 9.17) is 0 Å². The fourth-order valence-electron chi connectivity index (χ4n) is 1.47. The summed E-state index contributed by atoms with van der Waals surface area (Å²) >= 11 is 0. The van der Waals surface area contributed by atoms with E-state index in [0.29, 0.717) is 5.82 Å². The minimum Gasteiger partial charge on any atom is -0.244 e. The average Bonchev–Trinajstić information content (AvgIpc) is 2.57. The molecule has 1 aromatic heterocycles. The molecule has 17 heavy (non-hydrogen) atoms. The van der Waals surface area contributed by atoms with Gasteiger partial charge in [-0.1, -0.05) is 6.07 Å². The normalized spacial score (nSPS) is 11.8. The van der Waals surface area contributed by atoms with Crippen LogP contribution in [-0.2, 0) is 6.18 Å². The van der Waals surface area contributed by atoms with Crippen LogP contribution in [0.5, 0.6) is 0 Å². The number of H-pyrrole nitrogens is 1. The number of benzene rings is 1. The van der Waals surface area contributed by atoms with Gasteiger partial charge in [0.2, 0.25) is 0 Å². The Morgan fingerprint density at radius 1 is 1.35 bits per heavy atom. The molecule has 0 amide bonds. The van der Waals surface area contributed by atoms with Gasteiger partial charge in [-0.2, -0.15) is 18.2 Å². The highest BCUT2D eigenvalue weighted by Crippen LogP contribution is 2.30. The quantitative estimate of drug-likeness (QED) is 0.831. The molecule has 1 N–H and O–H groups in total. The van der Waals surface area contributed by atoms with E-state index < -0.39 is 17.4 Å². The predicted octanol–water partition coefficient (Wildman–Crippen LogP) is 1.89. The van der Waals surface area contributed by atoms with E-state index in [1.54, 1.807) is 0 Å². The summed E-state index contributed by atoms with van der Waals surface area (Å²) in [5.41, 5.74) is -1.16. The second kappa shape index (κ2) is 3.76. The third kappa shape index (κ3) is 2.22.